The minimum atomic E-state index is -4.44. The zero-order valence-electron chi connectivity index (χ0n) is 13.5. The Bertz CT molecular complexity index is 635. The number of alkyl halides is 3. The molecule has 1 atom stereocenters. The maximum Gasteiger partial charge on any atom is 0.446 e. The molecular weight excluding hydrogens is 361 g/mol. The predicted octanol–water partition coefficient (Wildman–Crippen LogP) is 2.35. The fraction of sp³-hybridized carbons (Fsp3) is 0.400. The fourth-order valence-electron chi connectivity index (χ4n) is 1.92. The molecule has 10 heteroatoms. The molecule has 0 saturated heterocycles. The standard InChI is InChI=1S/C15H17F3N2O4S/c1-9(14(23)24)20(8-7-19-10(2)21)13(22)11-3-5-12(6-4-11)25-15(16,17)18/h3-6,9H,7-8H2,1-2H3,(H,19,21)(H,23,24). The Hall–Kier alpha value is -2.23. The van der Waals surface area contributed by atoms with Crippen molar-refractivity contribution in [1.29, 1.82) is 0 Å². The summed E-state index contributed by atoms with van der Waals surface area (Å²) in [7, 11) is 0. The van der Waals surface area contributed by atoms with E-state index in [2.05, 4.69) is 5.32 Å². The third kappa shape index (κ3) is 7.04. The van der Waals surface area contributed by atoms with Crippen molar-refractivity contribution in [3.63, 3.8) is 0 Å². The number of rotatable bonds is 7. The van der Waals surface area contributed by atoms with Crippen LogP contribution in [0.4, 0.5) is 13.2 Å². The van der Waals surface area contributed by atoms with Gasteiger partial charge in [0.2, 0.25) is 5.91 Å². The first-order valence-corrected chi connectivity index (χ1v) is 7.97. The van der Waals surface area contributed by atoms with E-state index < -0.39 is 23.4 Å². The second-order valence-electron chi connectivity index (χ2n) is 5.07. The third-order valence-corrected chi connectivity index (χ3v) is 3.89. The van der Waals surface area contributed by atoms with Crippen LogP contribution < -0.4 is 5.32 Å². The summed E-state index contributed by atoms with van der Waals surface area (Å²) >= 11 is -0.309. The summed E-state index contributed by atoms with van der Waals surface area (Å²) in [5.41, 5.74) is -4.38. The molecule has 0 spiro atoms. The number of carboxylic acids is 1. The van der Waals surface area contributed by atoms with Crippen molar-refractivity contribution in [2.24, 2.45) is 0 Å². The zero-order chi connectivity index (χ0) is 19.2. The molecule has 0 heterocycles. The van der Waals surface area contributed by atoms with E-state index >= 15 is 0 Å². The van der Waals surface area contributed by atoms with Gasteiger partial charge in [-0.25, -0.2) is 4.79 Å². The molecule has 2 N–H and O–H groups in total. The number of hydrogen-bond acceptors (Lipinski definition) is 4. The normalized spacial score (nSPS) is 12.4. The van der Waals surface area contributed by atoms with Gasteiger partial charge in [0.15, 0.2) is 0 Å². The van der Waals surface area contributed by atoms with Crippen molar-refractivity contribution < 1.29 is 32.7 Å². The number of thioether (sulfide) groups is 1. The van der Waals surface area contributed by atoms with Crippen molar-refractivity contribution in [2.75, 3.05) is 13.1 Å². The van der Waals surface area contributed by atoms with Crippen molar-refractivity contribution in [1.82, 2.24) is 10.2 Å². The minimum Gasteiger partial charge on any atom is -0.480 e. The molecule has 1 aromatic carbocycles. The molecule has 1 rings (SSSR count). The van der Waals surface area contributed by atoms with Crippen molar-refractivity contribution >= 4 is 29.5 Å². The number of hydrogen-bond donors (Lipinski definition) is 2. The van der Waals surface area contributed by atoms with Gasteiger partial charge in [-0.15, -0.1) is 0 Å². The monoisotopic (exact) mass is 378 g/mol. The predicted molar refractivity (Wildman–Crippen MR) is 85.2 cm³/mol. The van der Waals surface area contributed by atoms with E-state index in [1.165, 1.54) is 26.0 Å². The van der Waals surface area contributed by atoms with Crippen molar-refractivity contribution in [2.45, 2.75) is 30.3 Å². The highest BCUT2D eigenvalue weighted by atomic mass is 32.2. The van der Waals surface area contributed by atoms with Gasteiger partial charge in [-0.05, 0) is 43.0 Å². The highest BCUT2D eigenvalue weighted by Crippen LogP contribution is 2.36. The molecule has 0 saturated carbocycles. The van der Waals surface area contributed by atoms with Gasteiger partial charge in [-0.3, -0.25) is 9.59 Å². The first kappa shape index (κ1) is 20.8. The average molecular weight is 378 g/mol. The van der Waals surface area contributed by atoms with Gasteiger partial charge >= 0.3 is 11.5 Å². The molecule has 0 aromatic heterocycles. The molecule has 0 fully saturated rings. The van der Waals surface area contributed by atoms with Crippen LogP contribution in [-0.4, -0.2) is 52.4 Å². The number of nitrogens with one attached hydrogen (secondary N) is 1. The van der Waals surface area contributed by atoms with Gasteiger partial charge in [0.1, 0.15) is 6.04 Å². The second kappa shape index (κ2) is 8.75. The summed E-state index contributed by atoms with van der Waals surface area (Å²) in [5.74, 6) is -2.21. The first-order valence-electron chi connectivity index (χ1n) is 7.15. The summed E-state index contributed by atoms with van der Waals surface area (Å²) in [5, 5.41) is 11.6. The summed E-state index contributed by atoms with van der Waals surface area (Å²) in [4.78, 5) is 35.5. The molecule has 0 aliphatic rings. The maximum absolute atomic E-state index is 12.5. The number of benzene rings is 1. The molecule has 0 radical (unpaired) electrons. The van der Waals surface area contributed by atoms with E-state index in [9.17, 15) is 27.6 Å². The van der Waals surface area contributed by atoms with Crippen LogP contribution in [-0.2, 0) is 9.59 Å². The van der Waals surface area contributed by atoms with Crippen LogP contribution in [0.1, 0.15) is 24.2 Å². The lowest BCUT2D eigenvalue weighted by atomic mass is 10.1. The number of carbonyl (C=O) groups excluding carboxylic acids is 2. The number of carbonyl (C=O) groups is 3. The number of nitrogens with zero attached hydrogens (tertiary/aromatic N) is 1. The van der Waals surface area contributed by atoms with Crippen LogP contribution in [0.15, 0.2) is 29.2 Å². The summed E-state index contributed by atoms with van der Waals surface area (Å²) in [6, 6.07) is 3.53. The maximum atomic E-state index is 12.5. The molecule has 6 nitrogen and oxygen atoms in total. The minimum absolute atomic E-state index is 0.0507. The molecular formula is C15H17F3N2O4S. The van der Waals surface area contributed by atoms with E-state index in [1.54, 1.807) is 0 Å². The number of carboxylic acid groups (broad SMARTS) is 1. The average Bonchev–Trinajstić information content (AvgIpc) is 2.49. The van der Waals surface area contributed by atoms with Crippen LogP contribution in [0.5, 0.6) is 0 Å². The fourth-order valence-corrected chi connectivity index (χ4v) is 2.46. The molecule has 0 bridgehead atoms. The Morgan fingerprint density at radius 1 is 1.24 bits per heavy atom. The van der Waals surface area contributed by atoms with Crippen molar-refractivity contribution in [3.05, 3.63) is 29.8 Å². The Kier molecular flexibility index (Phi) is 7.28. The topological polar surface area (TPSA) is 86.7 Å². The SMILES string of the molecule is CC(=O)NCCN(C(=O)c1ccc(SC(F)(F)F)cc1)C(C)C(=O)O. The van der Waals surface area contributed by atoms with Gasteiger partial charge in [-0.2, -0.15) is 13.2 Å². The Morgan fingerprint density at radius 3 is 2.24 bits per heavy atom. The van der Waals surface area contributed by atoms with Gasteiger partial charge in [0.25, 0.3) is 5.91 Å². The van der Waals surface area contributed by atoms with E-state index in [0.29, 0.717) is 0 Å². The molecule has 138 valence electrons. The van der Waals surface area contributed by atoms with Gasteiger partial charge in [-0.1, -0.05) is 0 Å². The van der Waals surface area contributed by atoms with Gasteiger partial charge < -0.3 is 15.3 Å². The number of amides is 2. The van der Waals surface area contributed by atoms with Crippen LogP contribution >= 0.6 is 11.8 Å². The lowest BCUT2D eigenvalue weighted by molar-refractivity contribution is -0.141. The first-order chi connectivity index (χ1) is 11.5. The Balaban J connectivity index is 2.92. The van der Waals surface area contributed by atoms with Gasteiger partial charge in [0, 0.05) is 30.5 Å². The Morgan fingerprint density at radius 2 is 1.80 bits per heavy atom. The summed E-state index contributed by atoms with van der Waals surface area (Å²) in [6.07, 6.45) is 0. The number of aliphatic carboxylic acids is 1. The summed E-state index contributed by atoms with van der Waals surface area (Å²) < 4.78 is 36.9. The molecule has 2 amide bonds. The largest absolute Gasteiger partial charge is 0.480 e. The number of halogens is 3. The van der Waals surface area contributed by atoms with E-state index in [0.717, 1.165) is 17.0 Å². The third-order valence-electron chi connectivity index (χ3n) is 3.15. The smallest absolute Gasteiger partial charge is 0.446 e. The van der Waals surface area contributed by atoms with Crippen LogP contribution in [0.2, 0.25) is 0 Å². The van der Waals surface area contributed by atoms with Crippen molar-refractivity contribution in [3.8, 4) is 0 Å². The molecule has 0 aliphatic heterocycles. The molecule has 0 aliphatic carbocycles. The summed E-state index contributed by atoms with van der Waals surface area (Å²) in [6.45, 7) is 2.59. The second-order valence-corrected chi connectivity index (χ2v) is 6.21. The lowest BCUT2D eigenvalue weighted by Crippen LogP contribution is -2.46. The van der Waals surface area contributed by atoms with Crippen LogP contribution in [0, 0.1) is 0 Å². The van der Waals surface area contributed by atoms with Crippen LogP contribution in [0.3, 0.4) is 0 Å². The van der Waals surface area contributed by atoms with E-state index in [1.807, 2.05) is 0 Å². The van der Waals surface area contributed by atoms with E-state index in [-0.39, 0.29) is 41.2 Å². The Labute approximate surface area is 146 Å². The quantitative estimate of drug-likeness (QED) is 0.712. The van der Waals surface area contributed by atoms with E-state index in [4.69, 9.17) is 5.11 Å². The van der Waals surface area contributed by atoms with Crippen LogP contribution in [0.25, 0.3) is 0 Å². The highest BCUT2D eigenvalue weighted by molar-refractivity contribution is 8.00. The van der Waals surface area contributed by atoms with Gasteiger partial charge in [0.05, 0.1) is 0 Å². The molecule has 25 heavy (non-hydrogen) atoms. The highest BCUT2D eigenvalue weighted by Gasteiger charge is 2.30. The molecule has 1 unspecified atom stereocenters. The zero-order valence-corrected chi connectivity index (χ0v) is 14.3. The molecule has 1 aromatic rings. The lowest BCUT2D eigenvalue weighted by Gasteiger charge is -2.26.